The molecule has 0 radical (unpaired) electrons. The van der Waals surface area contributed by atoms with Crippen LogP contribution in [0.4, 0.5) is 0 Å². The maximum Gasteiger partial charge on any atom is 0.326 e. The van der Waals surface area contributed by atoms with E-state index in [0.717, 1.165) is 0 Å². The molecule has 6 N–H and O–H groups in total. The molecule has 3 amide bonds. The van der Waals surface area contributed by atoms with E-state index in [2.05, 4.69) is 23.3 Å². The Morgan fingerprint density at radius 2 is 1.85 bits per heavy atom. The Kier molecular flexibility index (Phi) is 8.31. The number of nitrogens with zero attached hydrogens (tertiary/aromatic N) is 1. The van der Waals surface area contributed by atoms with Crippen LogP contribution in [0, 0.1) is 0 Å². The SMILES string of the molecule is CC(NC(=O)C(CS)NC(=O)C(N)C(C)O)C(=O)N1CCCC1C(=O)O. The summed E-state index contributed by atoms with van der Waals surface area (Å²) in [7, 11) is 0. The van der Waals surface area contributed by atoms with E-state index in [1.165, 1.54) is 18.7 Å². The molecule has 5 unspecified atom stereocenters. The fourth-order valence-corrected chi connectivity index (χ4v) is 2.85. The lowest BCUT2D eigenvalue weighted by atomic mass is 10.1. The summed E-state index contributed by atoms with van der Waals surface area (Å²) in [5, 5.41) is 23.3. The molecule has 1 aliphatic rings. The minimum Gasteiger partial charge on any atom is -0.480 e. The van der Waals surface area contributed by atoms with E-state index in [9.17, 15) is 24.3 Å². The average molecular weight is 390 g/mol. The van der Waals surface area contributed by atoms with E-state index in [1.54, 1.807) is 0 Å². The molecule has 0 spiro atoms. The average Bonchev–Trinajstić information content (AvgIpc) is 3.07. The maximum atomic E-state index is 12.4. The van der Waals surface area contributed by atoms with E-state index in [4.69, 9.17) is 10.8 Å². The van der Waals surface area contributed by atoms with Gasteiger partial charge in [0.05, 0.1) is 6.10 Å². The molecule has 0 saturated carbocycles. The monoisotopic (exact) mass is 390 g/mol. The molecule has 1 saturated heterocycles. The van der Waals surface area contributed by atoms with Gasteiger partial charge in [-0.15, -0.1) is 0 Å². The highest BCUT2D eigenvalue weighted by Gasteiger charge is 2.36. The van der Waals surface area contributed by atoms with Gasteiger partial charge in [-0.2, -0.15) is 12.6 Å². The van der Waals surface area contributed by atoms with Crippen LogP contribution in [0.15, 0.2) is 0 Å². The lowest BCUT2D eigenvalue weighted by Crippen LogP contribution is -2.58. The van der Waals surface area contributed by atoms with Gasteiger partial charge in [0.2, 0.25) is 17.7 Å². The molecule has 1 rings (SSSR count). The normalized spacial score (nSPS) is 21.4. The van der Waals surface area contributed by atoms with Crippen LogP contribution in [-0.4, -0.2) is 81.4 Å². The van der Waals surface area contributed by atoms with Gasteiger partial charge in [-0.3, -0.25) is 14.4 Å². The van der Waals surface area contributed by atoms with E-state index in [1.807, 2.05) is 0 Å². The topological polar surface area (TPSA) is 162 Å². The van der Waals surface area contributed by atoms with Crippen molar-refractivity contribution in [2.45, 2.75) is 57.0 Å². The Morgan fingerprint density at radius 1 is 1.23 bits per heavy atom. The van der Waals surface area contributed by atoms with Crippen molar-refractivity contribution >= 4 is 36.3 Å². The van der Waals surface area contributed by atoms with Gasteiger partial charge in [0, 0.05) is 12.3 Å². The van der Waals surface area contributed by atoms with Crippen LogP contribution in [0.2, 0.25) is 0 Å². The Bertz CT molecular complexity index is 558. The Labute approximate surface area is 156 Å². The molecule has 0 aromatic rings. The summed E-state index contributed by atoms with van der Waals surface area (Å²) in [5.74, 6) is -3.01. The zero-order chi connectivity index (χ0) is 20.0. The number of carbonyl (C=O) groups is 4. The molecule has 11 heteroatoms. The summed E-state index contributed by atoms with van der Waals surface area (Å²) in [4.78, 5) is 49.0. The van der Waals surface area contributed by atoms with Crippen LogP contribution in [0.1, 0.15) is 26.7 Å². The highest BCUT2D eigenvalue weighted by atomic mass is 32.1. The van der Waals surface area contributed by atoms with Gasteiger partial charge in [-0.25, -0.2) is 4.79 Å². The van der Waals surface area contributed by atoms with Crippen LogP contribution in [0.5, 0.6) is 0 Å². The largest absolute Gasteiger partial charge is 0.480 e. The molecule has 1 heterocycles. The number of amides is 3. The molecule has 10 nitrogen and oxygen atoms in total. The predicted molar refractivity (Wildman–Crippen MR) is 95.4 cm³/mol. The van der Waals surface area contributed by atoms with Gasteiger partial charge in [0.1, 0.15) is 24.2 Å². The van der Waals surface area contributed by atoms with Crippen molar-refractivity contribution in [1.29, 1.82) is 0 Å². The Hall–Kier alpha value is -1.85. The number of hydrogen-bond donors (Lipinski definition) is 6. The fraction of sp³-hybridized carbons (Fsp3) is 0.733. The quantitative estimate of drug-likeness (QED) is 0.254. The summed E-state index contributed by atoms with van der Waals surface area (Å²) < 4.78 is 0. The highest BCUT2D eigenvalue weighted by molar-refractivity contribution is 7.80. The first-order valence-electron chi connectivity index (χ1n) is 8.28. The third-order valence-corrected chi connectivity index (χ3v) is 4.55. The van der Waals surface area contributed by atoms with Gasteiger partial charge >= 0.3 is 5.97 Å². The summed E-state index contributed by atoms with van der Waals surface area (Å²) >= 11 is 4.00. The lowest BCUT2D eigenvalue weighted by Gasteiger charge is -2.27. The second-order valence-corrected chi connectivity index (χ2v) is 6.63. The predicted octanol–water partition coefficient (Wildman–Crippen LogP) is -2.31. The third kappa shape index (κ3) is 5.58. The van der Waals surface area contributed by atoms with Gasteiger partial charge in [0.25, 0.3) is 0 Å². The van der Waals surface area contributed by atoms with Crippen molar-refractivity contribution < 1.29 is 29.4 Å². The summed E-state index contributed by atoms with van der Waals surface area (Å²) in [6, 6.07) is -4.12. The zero-order valence-corrected chi connectivity index (χ0v) is 15.6. The van der Waals surface area contributed by atoms with Crippen LogP contribution >= 0.6 is 12.6 Å². The summed E-state index contributed by atoms with van der Waals surface area (Å²) in [6.45, 7) is 3.10. The van der Waals surface area contributed by atoms with Crippen molar-refractivity contribution in [3.8, 4) is 0 Å². The molecule has 148 valence electrons. The van der Waals surface area contributed by atoms with E-state index < -0.39 is 54.0 Å². The van der Waals surface area contributed by atoms with Crippen molar-refractivity contribution in [2.24, 2.45) is 5.73 Å². The maximum absolute atomic E-state index is 12.4. The number of carbonyl (C=O) groups excluding carboxylic acids is 3. The number of rotatable bonds is 8. The molecule has 1 aliphatic heterocycles. The zero-order valence-electron chi connectivity index (χ0n) is 14.7. The van der Waals surface area contributed by atoms with Gasteiger partial charge < -0.3 is 31.5 Å². The minimum absolute atomic E-state index is 0.0491. The van der Waals surface area contributed by atoms with E-state index in [0.29, 0.717) is 19.4 Å². The number of carboxylic acid groups (broad SMARTS) is 1. The summed E-state index contributed by atoms with van der Waals surface area (Å²) in [5.41, 5.74) is 5.50. The number of likely N-dealkylation sites (tertiary alicyclic amines) is 1. The van der Waals surface area contributed by atoms with Gasteiger partial charge in [0.15, 0.2) is 0 Å². The second-order valence-electron chi connectivity index (χ2n) is 6.27. The lowest BCUT2D eigenvalue weighted by molar-refractivity contribution is -0.149. The molecule has 0 aliphatic carbocycles. The van der Waals surface area contributed by atoms with Gasteiger partial charge in [-0.1, -0.05) is 0 Å². The van der Waals surface area contributed by atoms with E-state index >= 15 is 0 Å². The number of aliphatic carboxylic acids is 1. The van der Waals surface area contributed by atoms with Crippen molar-refractivity contribution in [1.82, 2.24) is 15.5 Å². The Morgan fingerprint density at radius 3 is 2.35 bits per heavy atom. The third-order valence-electron chi connectivity index (χ3n) is 4.19. The van der Waals surface area contributed by atoms with Crippen LogP contribution in [-0.2, 0) is 19.2 Å². The Balaban J connectivity index is 2.67. The van der Waals surface area contributed by atoms with Crippen molar-refractivity contribution in [3.05, 3.63) is 0 Å². The highest BCUT2D eigenvalue weighted by Crippen LogP contribution is 2.18. The summed E-state index contributed by atoms with van der Waals surface area (Å²) in [6.07, 6.45) is -0.147. The molecule has 0 bridgehead atoms. The molecular weight excluding hydrogens is 364 g/mol. The number of carboxylic acids is 1. The molecule has 26 heavy (non-hydrogen) atoms. The minimum atomic E-state index is -1.20. The number of aliphatic hydroxyl groups excluding tert-OH is 1. The molecule has 5 atom stereocenters. The number of thiol groups is 1. The number of aliphatic hydroxyl groups is 1. The van der Waals surface area contributed by atoms with Gasteiger partial charge in [-0.05, 0) is 26.7 Å². The first-order valence-corrected chi connectivity index (χ1v) is 8.91. The smallest absolute Gasteiger partial charge is 0.326 e. The number of nitrogens with one attached hydrogen (secondary N) is 2. The first kappa shape index (κ1) is 22.2. The van der Waals surface area contributed by atoms with Crippen molar-refractivity contribution in [3.63, 3.8) is 0 Å². The standard InChI is InChI=1S/C15H26N4O6S/c1-7(14(23)19-5-3-4-10(19)15(24)25)17-12(21)9(6-26)18-13(22)11(16)8(2)20/h7-11,20,26H,3-6,16H2,1-2H3,(H,17,21)(H,18,22)(H,24,25). The molecule has 0 aromatic carbocycles. The number of nitrogens with two attached hydrogens (primary N) is 1. The van der Waals surface area contributed by atoms with Crippen LogP contribution in [0.25, 0.3) is 0 Å². The van der Waals surface area contributed by atoms with Crippen molar-refractivity contribution in [2.75, 3.05) is 12.3 Å². The van der Waals surface area contributed by atoms with Crippen LogP contribution < -0.4 is 16.4 Å². The van der Waals surface area contributed by atoms with E-state index in [-0.39, 0.29) is 5.75 Å². The number of hydrogen-bond acceptors (Lipinski definition) is 7. The first-order chi connectivity index (χ1) is 12.1. The molecule has 1 fully saturated rings. The van der Waals surface area contributed by atoms with Crippen LogP contribution in [0.3, 0.4) is 0 Å². The second kappa shape index (κ2) is 9.74. The fourth-order valence-electron chi connectivity index (χ4n) is 2.59. The molecule has 0 aromatic heterocycles. The molecular formula is C15H26N4O6S.